The molecule has 1 fully saturated rings. The van der Waals surface area contributed by atoms with Crippen LogP contribution in [0.1, 0.15) is 11.1 Å². The van der Waals surface area contributed by atoms with Crippen molar-refractivity contribution >= 4 is 50.7 Å². The van der Waals surface area contributed by atoms with Crippen molar-refractivity contribution in [2.45, 2.75) is 11.4 Å². The fraction of sp³-hybridized carbons (Fsp3) is 0.0833. The molecule has 0 N–H and O–H groups in total. The molecule has 0 aliphatic carbocycles. The Bertz CT molecular complexity index is 1370. The Morgan fingerprint density at radius 2 is 1.68 bits per heavy atom. The van der Waals surface area contributed by atoms with Crippen LogP contribution in [-0.4, -0.2) is 31.6 Å². The minimum Gasteiger partial charge on any atom is -0.493 e. The summed E-state index contributed by atoms with van der Waals surface area (Å²) in [6.07, 6.45) is 1.55. The van der Waals surface area contributed by atoms with Gasteiger partial charge in [0.25, 0.3) is 11.1 Å². The summed E-state index contributed by atoms with van der Waals surface area (Å²) in [6.45, 7) is 0.182. The third-order valence-electron chi connectivity index (χ3n) is 4.84. The Hall–Kier alpha value is -3.27. The summed E-state index contributed by atoms with van der Waals surface area (Å²) >= 11 is 6.66. The van der Waals surface area contributed by atoms with Crippen molar-refractivity contribution in [3.63, 3.8) is 0 Å². The molecule has 3 aromatic carbocycles. The summed E-state index contributed by atoms with van der Waals surface area (Å²) in [6, 6.07) is 19.3. The van der Waals surface area contributed by atoms with Gasteiger partial charge in [0.15, 0.2) is 11.5 Å². The van der Waals surface area contributed by atoms with Gasteiger partial charge < -0.3 is 8.92 Å². The Balaban J connectivity index is 1.55. The Morgan fingerprint density at radius 3 is 2.35 bits per heavy atom. The highest BCUT2D eigenvalue weighted by atomic mass is 35.5. The fourth-order valence-electron chi connectivity index (χ4n) is 3.16. The number of hydrogen-bond acceptors (Lipinski definition) is 7. The molecule has 1 aliphatic heterocycles. The van der Waals surface area contributed by atoms with Crippen molar-refractivity contribution in [1.82, 2.24) is 4.90 Å². The smallest absolute Gasteiger partial charge is 0.339 e. The molecule has 1 heterocycles. The van der Waals surface area contributed by atoms with Crippen molar-refractivity contribution < 1.29 is 26.9 Å². The fourth-order valence-corrected chi connectivity index (χ4v) is 5.07. The van der Waals surface area contributed by atoms with Crippen LogP contribution in [0.25, 0.3) is 6.08 Å². The van der Waals surface area contributed by atoms with Gasteiger partial charge in [-0.2, -0.15) is 8.42 Å². The van der Waals surface area contributed by atoms with Gasteiger partial charge in [-0.05, 0) is 65.4 Å². The summed E-state index contributed by atoms with van der Waals surface area (Å²) in [5.41, 5.74) is 1.38. The highest BCUT2D eigenvalue weighted by molar-refractivity contribution is 8.18. The average molecular weight is 516 g/mol. The summed E-state index contributed by atoms with van der Waals surface area (Å²) < 4.78 is 35.7. The van der Waals surface area contributed by atoms with Gasteiger partial charge >= 0.3 is 10.1 Å². The molecular formula is C24H18ClNO6S2. The van der Waals surface area contributed by atoms with Crippen LogP contribution in [-0.2, 0) is 21.5 Å². The van der Waals surface area contributed by atoms with E-state index in [4.69, 9.17) is 20.5 Å². The van der Waals surface area contributed by atoms with Crippen LogP contribution in [0.4, 0.5) is 4.79 Å². The Kier molecular flexibility index (Phi) is 6.97. The van der Waals surface area contributed by atoms with Crippen LogP contribution >= 0.6 is 23.4 Å². The predicted molar refractivity (Wildman–Crippen MR) is 130 cm³/mol. The zero-order valence-corrected chi connectivity index (χ0v) is 20.2. The SMILES string of the molecule is COc1cc(/C=C2\SC(=O)N(Cc3ccccc3)C2=O)ccc1OS(=O)(=O)c1ccc(Cl)cc1. The van der Waals surface area contributed by atoms with E-state index in [1.165, 1.54) is 48.4 Å². The largest absolute Gasteiger partial charge is 0.493 e. The number of thioether (sulfide) groups is 1. The molecule has 2 amide bonds. The summed E-state index contributed by atoms with van der Waals surface area (Å²) in [5.74, 6) is -0.273. The third kappa shape index (κ3) is 5.27. The van der Waals surface area contributed by atoms with Gasteiger partial charge in [-0.3, -0.25) is 14.5 Å². The van der Waals surface area contributed by atoms with Crippen LogP contribution < -0.4 is 8.92 Å². The molecule has 10 heteroatoms. The molecule has 0 spiro atoms. The Labute approximate surface area is 206 Å². The molecule has 3 aromatic rings. The van der Waals surface area contributed by atoms with Gasteiger partial charge in [0.05, 0.1) is 18.6 Å². The molecule has 0 radical (unpaired) electrons. The number of rotatable bonds is 7. The molecule has 1 saturated heterocycles. The molecule has 174 valence electrons. The minimum atomic E-state index is -4.11. The van der Waals surface area contributed by atoms with E-state index in [0.29, 0.717) is 10.6 Å². The molecule has 7 nitrogen and oxygen atoms in total. The normalized spacial score (nSPS) is 15.1. The number of methoxy groups -OCH3 is 1. The molecule has 0 atom stereocenters. The van der Waals surface area contributed by atoms with E-state index in [0.717, 1.165) is 17.3 Å². The summed E-state index contributed by atoms with van der Waals surface area (Å²) in [5, 5.41) is 0.0372. The van der Waals surface area contributed by atoms with Gasteiger partial charge in [-0.1, -0.05) is 48.0 Å². The van der Waals surface area contributed by atoms with E-state index in [9.17, 15) is 18.0 Å². The van der Waals surface area contributed by atoms with Gasteiger partial charge in [0.2, 0.25) is 0 Å². The number of nitrogens with zero attached hydrogens (tertiary/aromatic N) is 1. The zero-order valence-electron chi connectivity index (χ0n) is 17.8. The first-order chi connectivity index (χ1) is 16.3. The maximum absolute atomic E-state index is 12.8. The second-order valence-corrected chi connectivity index (χ2v) is 10.1. The first-order valence-corrected chi connectivity index (χ1v) is 12.5. The lowest BCUT2D eigenvalue weighted by molar-refractivity contribution is -0.123. The first kappa shape index (κ1) is 23.9. The number of hydrogen-bond donors (Lipinski definition) is 0. The number of carbonyl (C=O) groups excluding carboxylic acids is 2. The highest BCUT2D eigenvalue weighted by Crippen LogP contribution is 2.36. The molecule has 1 aliphatic rings. The van der Waals surface area contributed by atoms with Crippen LogP contribution in [0.5, 0.6) is 11.5 Å². The van der Waals surface area contributed by atoms with Crippen molar-refractivity contribution in [3.05, 3.63) is 93.9 Å². The lowest BCUT2D eigenvalue weighted by Gasteiger charge is -2.12. The monoisotopic (exact) mass is 515 g/mol. The molecule has 0 aromatic heterocycles. The Morgan fingerprint density at radius 1 is 0.971 bits per heavy atom. The van der Waals surface area contributed by atoms with Gasteiger partial charge in [-0.25, -0.2) is 0 Å². The van der Waals surface area contributed by atoms with E-state index < -0.39 is 16.0 Å². The van der Waals surface area contributed by atoms with E-state index in [1.54, 1.807) is 12.1 Å². The summed E-state index contributed by atoms with van der Waals surface area (Å²) in [4.78, 5) is 26.5. The first-order valence-electron chi connectivity index (χ1n) is 9.94. The number of imide groups is 1. The van der Waals surface area contributed by atoms with Gasteiger partial charge in [0.1, 0.15) is 4.90 Å². The number of ether oxygens (including phenoxy) is 1. The van der Waals surface area contributed by atoms with E-state index in [1.807, 2.05) is 30.3 Å². The molecule has 0 unspecified atom stereocenters. The predicted octanol–water partition coefficient (Wildman–Crippen LogP) is 5.35. The van der Waals surface area contributed by atoms with Crippen molar-refractivity contribution in [2.75, 3.05) is 7.11 Å². The molecule has 34 heavy (non-hydrogen) atoms. The van der Waals surface area contributed by atoms with Crippen LogP contribution in [0.2, 0.25) is 5.02 Å². The molecule has 0 bridgehead atoms. The average Bonchev–Trinajstić information content (AvgIpc) is 3.08. The zero-order chi connectivity index (χ0) is 24.3. The van der Waals surface area contributed by atoms with Crippen molar-refractivity contribution in [1.29, 1.82) is 0 Å². The van der Waals surface area contributed by atoms with E-state index in [-0.39, 0.29) is 33.1 Å². The quantitative estimate of drug-likeness (QED) is 0.309. The van der Waals surface area contributed by atoms with E-state index in [2.05, 4.69) is 0 Å². The van der Waals surface area contributed by atoms with Gasteiger partial charge in [-0.15, -0.1) is 0 Å². The molecular weight excluding hydrogens is 498 g/mol. The van der Waals surface area contributed by atoms with Crippen LogP contribution in [0.15, 0.2) is 82.6 Å². The van der Waals surface area contributed by atoms with Gasteiger partial charge in [0, 0.05) is 5.02 Å². The van der Waals surface area contributed by atoms with E-state index >= 15 is 0 Å². The van der Waals surface area contributed by atoms with Crippen LogP contribution in [0.3, 0.4) is 0 Å². The maximum Gasteiger partial charge on any atom is 0.339 e. The number of benzene rings is 3. The van der Waals surface area contributed by atoms with Crippen molar-refractivity contribution in [3.8, 4) is 11.5 Å². The maximum atomic E-state index is 12.8. The number of carbonyl (C=O) groups is 2. The number of halogens is 1. The minimum absolute atomic E-state index is 0.0215. The highest BCUT2D eigenvalue weighted by Gasteiger charge is 2.35. The standard InChI is InChI=1S/C24H18ClNO6S2/c1-31-21-13-17(7-12-20(21)32-34(29,30)19-10-8-18(25)9-11-19)14-22-23(27)26(24(28)33-22)15-16-5-3-2-4-6-16/h2-14H,15H2,1H3/b22-14-. The van der Waals surface area contributed by atoms with Crippen LogP contribution in [0, 0.1) is 0 Å². The third-order valence-corrected chi connectivity index (χ3v) is 7.25. The number of amides is 2. The van der Waals surface area contributed by atoms with Crippen molar-refractivity contribution in [2.24, 2.45) is 0 Å². The lowest BCUT2D eigenvalue weighted by atomic mass is 10.1. The lowest BCUT2D eigenvalue weighted by Crippen LogP contribution is -2.27. The molecule has 4 rings (SSSR count). The second-order valence-electron chi connectivity index (χ2n) is 7.16. The summed E-state index contributed by atoms with van der Waals surface area (Å²) in [7, 11) is -2.74. The second kappa shape index (κ2) is 9.92. The topological polar surface area (TPSA) is 90.0 Å². The molecule has 0 saturated carbocycles.